The molecule has 0 rings (SSSR count). The summed E-state index contributed by atoms with van der Waals surface area (Å²) < 4.78 is 13.2. The summed E-state index contributed by atoms with van der Waals surface area (Å²) >= 11 is 0. The Hall–Kier alpha value is -2.37. The fourth-order valence-corrected chi connectivity index (χ4v) is 0.520. The molecule has 100 valence electrons. The van der Waals surface area contributed by atoms with Crippen LogP contribution in [0.5, 0.6) is 0 Å². The van der Waals surface area contributed by atoms with E-state index >= 15 is 0 Å². The first-order valence-electron chi connectivity index (χ1n) is 4.84. The van der Waals surface area contributed by atoms with E-state index in [4.69, 9.17) is 0 Å². The van der Waals surface area contributed by atoms with Gasteiger partial charge in [-0.25, -0.2) is 9.59 Å². The third kappa shape index (κ3) is 16.1. The van der Waals surface area contributed by atoms with E-state index in [9.17, 15) is 14.4 Å². The van der Waals surface area contributed by atoms with Gasteiger partial charge in [0.05, 0.1) is 6.26 Å². The molecule has 0 N–H and O–H groups in total. The summed E-state index contributed by atoms with van der Waals surface area (Å²) in [5.41, 5.74) is 0. The van der Waals surface area contributed by atoms with Gasteiger partial charge in [-0.2, -0.15) is 0 Å². The van der Waals surface area contributed by atoms with Gasteiger partial charge in [0, 0.05) is 19.1 Å². The summed E-state index contributed by atoms with van der Waals surface area (Å²) in [4.78, 5) is 30.6. The predicted molar refractivity (Wildman–Crippen MR) is 64.3 cm³/mol. The second-order valence-electron chi connectivity index (χ2n) is 2.52. The van der Waals surface area contributed by atoms with Gasteiger partial charge in [0.1, 0.15) is 13.2 Å². The Labute approximate surface area is 106 Å². The Morgan fingerprint density at radius 1 is 0.944 bits per heavy atom. The van der Waals surface area contributed by atoms with E-state index in [-0.39, 0.29) is 19.2 Å². The van der Waals surface area contributed by atoms with E-state index in [1.54, 1.807) is 0 Å². The Bertz CT molecular complexity index is 297. The smallest absolute Gasteiger partial charge is 0.330 e. The monoisotopic (exact) mass is 256 g/mol. The number of carbonyl (C=O) groups is 3. The molecular weight excluding hydrogens is 240 g/mol. The molecule has 0 aliphatic carbocycles. The van der Waals surface area contributed by atoms with Crippen LogP contribution in [0.2, 0.25) is 0 Å². The summed E-state index contributed by atoms with van der Waals surface area (Å²) in [6.07, 6.45) is 3.17. The van der Waals surface area contributed by atoms with E-state index in [1.165, 1.54) is 6.92 Å². The highest BCUT2D eigenvalue weighted by Gasteiger charge is 1.97. The van der Waals surface area contributed by atoms with Crippen LogP contribution in [-0.4, -0.2) is 31.1 Å². The average molecular weight is 256 g/mol. The quantitative estimate of drug-likeness (QED) is 0.233. The molecule has 6 nitrogen and oxygen atoms in total. The van der Waals surface area contributed by atoms with Crippen molar-refractivity contribution >= 4 is 17.9 Å². The molecule has 0 fully saturated rings. The summed E-state index contributed by atoms with van der Waals surface area (Å²) in [5.74, 6) is -1.40. The molecule has 0 aromatic carbocycles. The lowest BCUT2D eigenvalue weighted by atomic mass is 10.6. The first-order chi connectivity index (χ1) is 8.47. The number of hydrogen-bond donors (Lipinski definition) is 0. The van der Waals surface area contributed by atoms with Gasteiger partial charge in [0.2, 0.25) is 0 Å². The van der Waals surface area contributed by atoms with Gasteiger partial charge < -0.3 is 14.2 Å². The Kier molecular flexibility index (Phi) is 12.7. The third-order valence-corrected chi connectivity index (χ3v) is 1.15. The maximum atomic E-state index is 10.4. The molecule has 0 saturated carbocycles. The second kappa shape index (κ2) is 12.7. The zero-order chi connectivity index (χ0) is 14.4. The first-order valence-corrected chi connectivity index (χ1v) is 4.84. The number of ether oxygens (including phenoxy) is 3. The minimum atomic E-state index is -0.537. The van der Waals surface area contributed by atoms with Crippen LogP contribution in [0.25, 0.3) is 0 Å². The summed E-state index contributed by atoms with van der Waals surface area (Å²) in [7, 11) is 0. The third-order valence-electron chi connectivity index (χ3n) is 1.15. The maximum Gasteiger partial charge on any atom is 0.330 e. The van der Waals surface area contributed by atoms with Gasteiger partial charge in [-0.1, -0.05) is 19.7 Å². The summed E-state index contributed by atoms with van der Waals surface area (Å²) in [5, 5.41) is 0. The normalized spacial score (nSPS) is 7.83. The number of rotatable bonds is 6. The molecule has 0 aliphatic heterocycles. The Morgan fingerprint density at radius 2 is 1.33 bits per heavy atom. The molecule has 0 atom stereocenters. The number of carbonyl (C=O) groups excluding carboxylic acids is 3. The van der Waals surface area contributed by atoms with Crippen LogP contribution in [0.1, 0.15) is 6.92 Å². The van der Waals surface area contributed by atoms with Crippen LogP contribution in [0.4, 0.5) is 0 Å². The molecule has 0 amide bonds. The van der Waals surface area contributed by atoms with Crippen molar-refractivity contribution in [3.05, 3.63) is 38.2 Å². The SMILES string of the molecule is C=CC(=O)OCCOC(=O)C=C.C=COC(C)=O. The fourth-order valence-electron chi connectivity index (χ4n) is 0.520. The largest absolute Gasteiger partial charge is 0.459 e. The van der Waals surface area contributed by atoms with Crippen molar-refractivity contribution in [3.63, 3.8) is 0 Å². The van der Waals surface area contributed by atoms with Crippen molar-refractivity contribution in [3.8, 4) is 0 Å². The van der Waals surface area contributed by atoms with E-state index in [0.29, 0.717) is 0 Å². The second-order valence-corrected chi connectivity index (χ2v) is 2.52. The molecule has 0 saturated heterocycles. The minimum absolute atomic E-state index is 0.0322. The molecule has 0 aromatic rings. The fraction of sp³-hybridized carbons (Fsp3) is 0.250. The molecule has 0 aliphatic rings. The zero-order valence-electron chi connectivity index (χ0n) is 10.2. The van der Waals surface area contributed by atoms with E-state index < -0.39 is 11.9 Å². The van der Waals surface area contributed by atoms with Crippen molar-refractivity contribution in [2.45, 2.75) is 6.92 Å². The van der Waals surface area contributed by atoms with Crippen LogP contribution in [0, 0.1) is 0 Å². The van der Waals surface area contributed by atoms with E-state index in [0.717, 1.165) is 18.4 Å². The first kappa shape index (κ1) is 18.0. The van der Waals surface area contributed by atoms with Gasteiger partial charge in [-0.3, -0.25) is 4.79 Å². The lowest BCUT2D eigenvalue weighted by molar-refractivity contribution is -0.146. The molecular formula is C12H16O6. The topological polar surface area (TPSA) is 78.9 Å². The average Bonchev–Trinajstić information content (AvgIpc) is 2.34. The molecule has 0 aromatic heterocycles. The molecule has 6 heteroatoms. The molecule has 0 bridgehead atoms. The Morgan fingerprint density at radius 3 is 1.50 bits per heavy atom. The number of esters is 3. The van der Waals surface area contributed by atoms with Crippen LogP contribution in [0.15, 0.2) is 38.2 Å². The van der Waals surface area contributed by atoms with Crippen molar-refractivity contribution in [1.29, 1.82) is 0 Å². The summed E-state index contributed by atoms with van der Waals surface area (Å²) in [6.45, 7) is 10.9. The van der Waals surface area contributed by atoms with Crippen LogP contribution in [-0.2, 0) is 28.6 Å². The van der Waals surface area contributed by atoms with Crippen molar-refractivity contribution < 1.29 is 28.6 Å². The Balaban J connectivity index is 0. The molecule has 18 heavy (non-hydrogen) atoms. The van der Waals surface area contributed by atoms with Crippen molar-refractivity contribution in [2.24, 2.45) is 0 Å². The molecule has 0 spiro atoms. The zero-order valence-corrected chi connectivity index (χ0v) is 10.2. The van der Waals surface area contributed by atoms with E-state index in [1.807, 2.05) is 0 Å². The molecule has 0 radical (unpaired) electrons. The van der Waals surface area contributed by atoms with Gasteiger partial charge in [0.25, 0.3) is 0 Å². The van der Waals surface area contributed by atoms with Crippen LogP contribution >= 0.6 is 0 Å². The van der Waals surface area contributed by atoms with Gasteiger partial charge in [-0.05, 0) is 0 Å². The highest BCUT2D eigenvalue weighted by Crippen LogP contribution is 1.82. The highest BCUT2D eigenvalue weighted by atomic mass is 16.6. The highest BCUT2D eigenvalue weighted by molar-refractivity contribution is 5.81. The van der Waals surface area contributed by atoms with Crippen molar-refractivity contribution in [1.82, 2.24) is 0 Å². The van der Waals surface area contributed by atoms with Crippen LogP contribution < -0.4 is 0 Å². The van der Waals surface area contributed by atoms with Gasteiger partial charge in [-0.15, -0.1) is 0 Å². The van der Waals surface area contributed by atoms with Gasteiger partial charge >= 0.3 is 17.9 Å². The number of hydrogen-bond acceptors (Lipinski definition) is 6. The molecule has 0 heterocycles. The van der Waals surface area contributed by atoms with Gasteiger partial charge in [0.15, 0.2) is 0 Å². The molecule has 0 unspecified atom stereocenters. The lowest BCUT2D eigenvalue weighted by Crippen LogP contribution is -2.10. The lowest BCUT2D eigenvalue weighted by Gasteiger charge is -2.01. The predicted octanol–water partition coefficient (Wildman–Crippen LogP) is 1.14. The summed E-state index contributed by atoms with van der Waals surface area (Å²) in [6, 6.07) is 0. The minimum Gasteiger partial charge on any atom is -0.459 e. The van der Waals surface area contributed by atoms with Crippen molar-refractivity contribution in [2.75, 3.05) is 13.2 Å². The maximum absolute atomic E-state index is 10.4. The van der Waals surface area contributed by atoms with Crippen LogP contribution in [0.3, 0.4) is 0 Å². The van der Waals surface area contributed by atoms with E-state index in [2.05, 4.69) is 33.9 Å². The standard InChI is InChI=1S/C8H10O4.C4H6O2/c1-3-7(9)11-5-6-12-8(10)4-2;1-3-6-4(2)5/h3-4H,1-2,5-6H2;3H,1H2,2H3.